The molecule has 0 amide bonds. The Hall–Kier alpha value is -27.8. The van der Waals surface area contributed by atoms with Crippen molar-refractivity contribution in [3.63, 3.8) is 0 Å². The summed E-state index contributed by atoms with van der Waals surface area (Å²) in [5.74, 6) is 293. The summed E-state index contributed by atoms with van der Waals surface area (Å²) in [7, 11) is 0. The molecule has 1 atom stereocenters. The van der Waals surface area contributed by atoms with Gasteiger partial charge < -0.3 is 0 Å². The monoisotopic (exact) mass is 1770 g/mol. The van der Waals surface area contributed by atoms with E-state index in [0.29, 0.717) is 11.1 Å². The van der Waals surface area contributed by atoms with Crippen LogP contribution in [-0.4, -0.2) is 0 Å². The van der Waals surface area contributed by atoms with E-state index in [0.717, 1.165) is 0 Å². The highest BCUT2D eigenvalue weighted by molar-refractivity contribution is 6.08. The van der Waals surface area contributed by atoms with Gasteiger partial charge in [-0.15, -0.1) is 50.9 Å². The van der Waals surface area contributed by atoms with E-state index in [1.54, 1.807) is 55.4 Å². The molecule has 2 aliphatic carbocycles. The molecular weight excluding hydrogens is 1740 g/mol. The molecule has 2 aliphatic rings. The molecule has 0 saturated carbocycles. The van der Waals surface area contributed by atoms with E-state index in [1.165, 1.54) is 0 Å². The van der Waals surface area contributed by atoms with Gasteiger partial charge in [-0.25, -0.2) is 0 Å². The topological polar surface area (TPSA) is 0 Å². The van der Waals surface area contributed by atoms with E-state index < -0.39 is 5.41 Å². The lowest BCUT2D eigenvalue weighted by atomic mass is 9.63. The first-order chi connectivity index (χ1) is 71.7. The first-order valence-corrected chi connectivity index (χ1v) is 39.8. The molecule has 612 valence electrons. The number of aryl methyl sites for hydroxylation is 1. The maximum Gasteiger partial charge on any atom is 0.0777 e. The second kappa shape index (κ2) is 65.7. The van der Waals surface area contributed by atoms with Crippen molar-refractivity contribution in [2.45, 2.75) is 60.8 Å². The van der Waals surface area contributed by atoms with E-state index in [9.17, 15) is 0 Å². The first-order valence-electron chi connectivity index (χ1n) is 39.8. The SMILES string of the molecule is C#CC#CC#CC#CC#CC#CC#Cc1c(C#CC#CC#CC#CC#CC#CC)c(C#CC#CC#CC#CC#CC#C)c2c(c1C#CC#CC#CC#CC#CC#CC#CC)C1(c3c(cc(C)c(C#C)c3C#CC)-c3c(C#CC#C)c(C#CC#CC)c(C#CC#CC#C)c(C#CC#CC#CC)c31)c1c(C#CC#CC#CC#C)c(C#CC#CC#CC#CC)c(C#CC#CC#CC#CC#C)c(C#CC#CC#CC#CC#CC)c1-2. The van der Waals surface area contributed by atoms with Gasteiger partial charge in [-0.05, 0) is 592 Å². The van der Waals surface area contributed by atoms with Gasteiger partial charge in [0.2, 0.25) is 0 Å². The summed E-state index contributed by atoms with van der Waals surface area (Å²) in [5, 5.41) is 0. The molecule has 0 bridgehead atoms. The number of fused-ring (bicyclic) bond motifs is 10. The lowest BCUT2D eigenvalue weighted by molar-refractivity contribution is 0.780. The van der Waals surface area contributed by atoms with E-state index in [1.807, 2.05) is 6.07 Å². The number of benzene rings is 4. The minimum atomic E-state index is -2.44. The molecule has 0 nitrogen and oxygen atoms in total. The summed E-state index contributed by atoms with van der Waals surface area (Å²) in [6.07, 6.45) is 41.1. The van der Waals surface area contributed by atoms with Crippen LogP contribution in [0.5, 0.6) is 0 Å². The summed E-state index contributed by atoms with van der Waals surface area (Å²) < 4.78 is 0. The van der Waals surface area contributed by atoms with Crippen LogP contribution < -0.4 is 0 Å². The summed E-state index contributed by atoms with van der Waals surface area (Å²) in [6.45, 7) is 13.1. The quantitative estimate of drug-likeness (QED) is 0.134. The van der Waals surface area contributed by atoms with Gasteiger partial charge in [-0.2, -0.15) is 0 Å². The number of hydrogen-bond acceptors (Lipinski definition) is 0. The largest absolute Gasteiger partial charge is 0.115 e. The van der Waals surface area contributed by atoms with Crippen molar-refractivity contribution in [3.05, 3.63) is 112 Å². The van der Waals surface area contributed by atoms with Crippen molar-refractivity contribution in [3.8, 4) is 689 Å². The predicted molar refractivity (Wildman–Crippen MR) is 577 cm³/mol. The number of terminal acetylenes is 7. The van der Waals surface area contributed by atoms with Crippen molar-refractivity contribution in [1.82, 2.24) is 0 Å². The zero-order valence-electron chi connectivity index (χ0n) is 77.1. The Morgan fingerprint density at radius 2 is 0.303 bits per heavy atom. The fraction of sp³-hybridized carbons (Fsp3) is 0.0621. The molecule has 1 spiro atoms. The van der Waals surface area contributed by atoms with Gasteiger partial charge in [-0.3, -0.25) is 0 Å². The van der Waals surface area contributed by atoms with Crippen LogP contribution in [0.1, 0.15) is 154 Å². The van der Waals surface area contributed by atoms with Crippen molar-refractivity contribution in [2.24, 2.45) is 0 Å². The minimum absolute atomic E-state index is 0.00692. The van der Waals surface area contributed by atoms with Gasteiger partial charge in [-0.1, -0.05) is 118 Å². The van der Waals surface area contributed by atoms with Crippen molar-refractivity contribution in [1.29, 1.82) is 0 Å². The molecule has 0 aliphatic heterocycles. The van der Waals surface area contributed by atoms with Crippen LogP contribution in [0, 0.1) is 674 Å². The molecule has 6 rings (SSSR count). The van der Waals surface area contributed by atoms with Gasteiger partial charge in [0.25, 0.3) is 0 Å². The molecule has 0 fully saturated rings. The molecule has 0 N–H and O–H groups in total. The standard InChI is InChI=1S/C145H32/c1-16-30-42-52-60-66-70-72-75-80-87-96-107-120-136-129(115-102-93-84-79-74-71-67-61-53-43-31-17-2)126(112-100-92-83-78-73-68-62-54-44-32-18-3)132(117-104-95-86-77-69-63-55-45-33-19-4)140-139-131(116-103-94-85-76-64-56-46-34-20-5)125(111-99-91-82-65-57-47-35-21-6)128(114-101-90-81-58-48-36-22-7)135(119-106-89-59-49-37-23-8)143(139)145(144(136)140)141-133(108-28-13)123(29-14)122(15)121-137(141)138-130(109-41-27-12)124(110-97-40-26-11)127(113-98-51-39-25-10)134(142(138)145)118-105-88-50-38-24-9/h2,4,6,8,10,12,14,121H,1,3,5,7,9,11,13,15H3. The first kappa shape index (κ1) is 106. The van der Waals surface area contributed by atoms with Crippen molar-refractivity contribution in [2.75, 3.05) is 0 Å². The lowest BCUT2D eigenvalue weighted by Gasteiger charge is -2.35. The molecule has 0 radical (unpaired) electrons. The van der Waals surface area contributed by atoms with E-state index in [4.69, 9.17) is 45.0 Å². The van der Waals surface area contributed by atoms with Gasteiger partial charge in [0.15, 0.2) is 0 Å². The van der Waals surface area contributed by atoms with Crippen LogP contribution in [0.4, 0.5) is 0 Å². The normalized spacial score (nSPS) is 7.34. The molecule has 4 aromatic carbocycles. The summed E-state index contributed by atoms with van der Waals surface area (Å²) in [6, 6.07) is 1.83. The Labute approximate surface area is 855 Å². The molecule has 0 heteroatoms. The average Bonchev–Trinajstić information content (AvgIpc) is 1.47. The second-order valence-corrected chi connectivity index (χ2v) is 24.0. The third kappa shape index (κ3) is 32.7. The summed E-state index contributed by atoms with van der Waals surface area (Å²) >= 11 is 0. The molecule has 1 unspecified atom stereocenters. The maximum absolute atomic E-state index is 7.01. The second-order valence-electron chi connectivity index (χ2n) is 24.0. The highest BCUT2D eigenvalue weighted by Gasteiger charge is 2.60. The van der Waals surface area contributed by atoms with E-state index >= 15 is 0 Å². The lowest BCUT2D eigenvalue weighted by Crippen LogP contribution is -2.32. The molecule has 0 heterocycles. The van der Waals surface area contributed by atoms with Crippen LogP contribution >= 0.6 is 0 Å². The molecule has 145 heavy (non-hydrogen) atoms. The van der Waals surface area contributed by atoms with Crippen LogP contribution in [0.15, 0.2) is 6.07 Å². The Morgan fingerprint density at radius 3 is 0.524 bits per heavy atom. The Bertz CT molecular complexity index is 10600. The van der Waals surface area contributed by atoms with E-state index in [2.05, 4.69) is 622 Å². The van der Waals surface area contributed by atoms with Crippen LogP contribution in [-0.2, 0) is 5.41 Å². The average molecular weight is 1770 g/mol. The Kier molecular flexibility index (Phi) is 48.1. The minimum Gasteiger partial charge on any atom is -0.115 e. The fourth-order valence-corrected chi connectivity index (χ4v) is 11.6. The van der Waals surface area contributed by atoms with Crippen LogP contribution in [0.25, 0.3) is 22.3 Å². The molecule has 0 saturated heterocycles. The van der Waals surface area contributed by atoms with Crippen LogP contribution in [0.3, 0.4) is 0 Å². The summed E-state index contributed by atoms with van der Waals surface area (Å²) in [4.78, 5) is 0. The number of rotatable bonds is 0. The van der Waals surface area contributed by atoms with Crippen molar-refractivity contribution < 1.29 is 0 Å². The van der Waals surface area contributed by atoms with Gasteiger partial charge in [0.05, 0.1) is 55.5 Å². The third-order valence-corrected chi connectivity index (χ3v) is 16.0. The smallest absolute Gasteiger partial charge is 0.0777 e. The molecular formula is C145H32. The zero-order chi connectivity index (χ0) is 104. The van der Waals surface area contributed by atoms with E-state index in [-0.39, 0.29) is 117 Å². The van der Waals surface area contributed by atoms with Crippen molar-refractivity contribution >= 4 is 0 Å². The summed E-state index contributed by atoms with van der Waals surface area (Å²) in [5.41, 5.74) is -1.29. The molecule has 0 aromatic heterocycles. The van der Waals surface area contributed by atoms with Crippen LogP contribution in [0.2, 0.25) is 0 Å². The molecule has 4 aromatic rings. The predicted octanol–water partition coefficient (Wildman–Crippen LogP) is 8.95. The Balaban J connectivity index is 2.66. The number of hydrogen-bond donors (Lipinski definition) is 0. The highest BCUT2D eigenvalue weighted by atomic mass is 14.6. The van der Waals surface area contributed by atoms with Gasteiger partial charge >= 0.3 is 0 Å². The third-order valence-electron chi connectivity index (χ3n) is 16.0. The zero-order valence-corrected chi connectivity index (χ0v) is 77.1. The maximum atomic E-state index is 7.01. The fourth-order valence-electron chi connectivity index (χ4n) is 11.6. The van der Waals surface area contributed by atoms with Gasteiger partial charge in [0, 0.05) is 44.5 Å². The van der Waals surface area contributed by atoms with Gasteiger partial charge in [0.1, 0.15) is 0 Å². The Morgan fingerprint density at radius 1 is 0.145 bits per heavy atom. The highest BCUT2D eigenvalue weighted by Crippen LogP contribution is 2.69.